The second-order valence-corrected chi connectivity index (χ2v) is 5.32. The second kappa shape index (κ2) is 5.99. The SMILES string of the molecule is [N-]=[N+]=NCc1cc(CN2CCCC2)c(O)c2ncccc12. The van der Waals surface area contributed by atoms with Gasteiger partial charge < -0.3 is 5.11 Å². The molecule has 1 N–H and O–H groups in total. The summed E-state index contributed by atoms with van der Waals surface area (Å²) in [5, 5.41) is 15.0. The fraction of sp³-hybridized carbons (Fsp3) is 0.400. The average molecular weight is 283 g/mol. The molecule has 6 heteroatoms. The number of rotatable bonds is 4. The molecule has 1 fully saturated rings. The summed E-state index contributed by atoms with van der Waals surface area (Å²) in [5.74, 6) is 0.238. The lowest BCUT2D eigenvalue weighted by atomic mass is 10.0. The first kappa shape index (κ1) is 13.7. The number of azide groups is 1. The summed E-state index contributed by atoms with van der Waals surface area (Å²) in [5.41, 5.74) is 10.9. The molecular formula is C15H17N5O. The van der Waals surface area contributed by atoms with E-state index in [2.05, 4.69) is 19.9 Å². The van der Waals surface area contributed by atoms with Gasteiger partial charge >= 0.3 is 0 Å². The lowest BCUT2D eigenvalue weighted by Crippen LogP contribution is -2.18. The van der Waals surface area contributed by atoms with Crippen LogP contribution < -0.4 is 0 Å². The Morgan fingerprint density at radius 3 is 2.90 bits per heavy atom. The maximum atomic E-state index is 10.5. The molecule has 1 aromatic carbocycles. The maximum Gasteiger partial charge on any atom is 0.146 e. The van der Waals surface area contributed by atoms with Gasteiger partial charge in [-0.1, -0.05) is 11.2 Å². The molecule has 0 saturated carbocycles. The molecule has 21 heavy (non-hydrogen) atoms. The smallest absolute Gasteiger partial charge is 0.146 e. The zero-order chi connectivity index (χ0) is 14.7. The van der Waals surface area contributed by atoms with Gasteiger partial charge in [-0.05, 0) is 49.2 Å². The molecular weight excluding hydrogens is 266 g/mol. The van der Waals surface area contributed by atoms with Gasteiger partial charge in [0, 0.05) is 28.6 Å². The van der Waals surface area contributed by atoms with Crippen molar-refractivity contribution >= 4 is 10.9 Å². The summed E-state index contributed by atoms with van der Waals surface area (Å²) < 4.78 is 0. The quantitative estimate of drug-likeness (QED) is 0.530. The van der Waals surface area contributed by atoms with Crippen molar-refractivity contribution in [3.05, 3.63) is 46.0 Å². The maximum absolute atomic E-state index is 10.5. The van der Waals surface area contributed by atoms with E-state index < -0.39 is 0 Å². The van der Waals surface area contributed by atoms with Crippen LogP contribution in [0.1, 0.15) is 24.0 Å². The Labute approximate surface area is 122 Å². The van der Waals surface area contributed by atoms with E-state index in [-0.39, 0.29) is 12.3 Å². The van der Waals surface area contributed by atoms with E-state index in [1.807, 2.05) is 18.2 Å². The van der Waals surface area contributed by atoms with Crippen LogP contribution in [0.4, 0.5) is 0 Å². The Morgan fingerprint density at radius 2 is 2.14 bits per heavy atom. The summed E-state index contributed by atoms with van der Waals surface area (Å²) in [6.45, 7) is 3.10. The molecule has 0 amide bonds. The van der Waals surface area contributed by atoms with Crippen molar-refractivity contribution in [1.82, 2.24) is 9.88 Å². The summed E-state index contributed by atoms with van der Waals surface area (Å²) in [4.78, 5) is 9.43. The number of pyridine rings is 1. The van der Waals surface area contributed by atoms with E-state index in [1.54, 1.807) is 6.20 Å². The predicted molar refractivity (Wildman–Crippen MR) is 80.8 cm³/mol. The van der Waals surface area contributed by atoms with Gasteiger partial charge in [-0.3, -0.25) is 9.88 Å². The Morgan fingerprint density at radius 1 is 1.33 bits per heavy atom. The van der Waals surface area contributed by atoms with Crippen molar-refractivity contribution in [2.75, 3.05) is 13.1 Å². The van der Waals surface area contributed by atoms with Crippen LogP contribution >= 0.6 is 0 Å². The number of phenolic OH excluding ortho intramolecular Hbond substituents is 1. The number of nitrogens with zero attached hydrogens (tertiary/aromatic N) is 5. The van der Waals surface area contributed by atoms with Crippen LogP contribution in [0.25, 0.3) is 21.3 Å². The van der Waals surface area contributed by atoms with E-state index in [4.69, 9.17) is 5.53 Å². The number of benzene rings is 1. The molecule has 1 aliphatic heterocycles. The Hall–Kier alpha value is -2.30. The molecule has 1 saturated heterocycles. The molecule has 0 radical (unpaired) electrons. The van der Waals surface area contributed by atoms with Gasteiger partial charge in [0.2, 0.25) is 0 Å². The summed E-state index contributed by atoms with van der Waals surface area (Å²) >= 11 is 0. The zero-order valence-electron chi connectivity index (χ0n) is 11.7. The van der Waals surface area contributed by atoms with Crippen molar-refractivity contribution in [2.24, 2.45) is 5.11 Å². The number of hydrogen-bond donors (Lipinski definition) is 1. The number of aromatic hydroxyl groups is 1. The number of likely N-dealkylation sites (tertiary alicyclic amines) is 1. The molecule has 1 aliphatic rings. The first-order valence-corrected chi connectivity index (χ1v) is 7.11. The Bertz CT molecular complexity index is 703. The highest BCUT2D eigenvalue weighted by atomic mass is 16.3. The van der Waals surface area contributed by atoms with E-state index in [1.165, 1.54) is 12.8 Å². The topological polar surface area (TPSA) is 85.1 Å². The minimum absolute atomic E-state index is 0.238. The van der Waals surface area contributed by atoms with Crippen LogP contribution in [0, 0.1) is 0 Å². The first-order chi connectivity index (χ1) is 10.3. The zero-order valence-corrected chi connectivity index (χ0v) is 11.7. The van der Waals surface area contributed by atoms with Gasteiger partial charge in [0.15, 0.2) is 0 Å². The third-order valence-corrected chi connectivity index (χ3v) is 3.93. The molecule has 2 heterocycles. The van der Waals surface area contributed by atoms with Crippen LogP contribution in [-0.4, -0.2) is 28.1 Å². The lowest BCUT2D eigenvalue weighted by molar-refractivity contribution is 0.324. The van der Waals surface area contributed by atoms with Crippen molar-refractivity contribution in [1.29, 1.82) is 0 Å². The van der Waals surface area contributed by atoms with E-state index in [9.17, 15) is 5.11 Å². The fourth-order valence-electron chi connectivity index (χ4n) is 2.90. The molecule has 2 aromatic rings. The molecule has 0 unspecified atom stereocenters. The van der Waals surface area contributed by atoms with Crippen LogP contribution in [0.2, 0.25) is 0 Å². The highest BCUT2D eigenvalue weighted by Crippen LogP contribution is 2.32. The molecule has 0 bridgehead atoms. The molecule has 3 rings (SSSR count). The van der Waals surface area contributed by atoms with Crippen LogP contribution in [0.3, 0.4) is 0 Å². The number of phenols is 1. The summed E-state index contributed by atoms with van der Waals surface area (Å²) in [7, 11) is 0. The van der Waals surface area contributed by atoms with Crippen LogP contribution in [-0.2, 0) is 13.1 Å². The van der Waals surface area contributed by atoms with Crippen molar-refractivity contribution in [3.63, 3.8) is 0 Å². The molecule has 108 valence electrons. The third kappa shape index (κ3) is 2.77. The van der Waals surface area contributed by atoms with Crippen molar-refractivity contribution in [2.45, 2.75) is 25.9 Å². The fourth-order valence-corrected chi connectivity index (χ4v) is 2.90. The molecule has 0 spiro atoms. The van der Waals surface area contributed by atoms with Gasteiger partial charge in [-0.2, -0.15) is 0 Å². The number of hydrogen-bond acceptors (Lipinski definition) is 4. The van der Waals surface area contributed by atoms with Crippen molar-refractivity contribution in [3.8, 4) is 5.75 Å². The lowest BCUT2D eigenvalue weighted by Gasteiger charge is -2.17. The highest BCUT2D eigenvalue weighted by Gasteiger charge is 2.17. The van der Waals surface area contributed by atoms with Gasteiger partial charge in [-0.15, -0.1) is 0 Å². The number of fused-ring (bicyclic) bond motifs is 1. The minimum atomic E-state index is 0.238. The van der Waals surface area contributed by atoms with Crippen LogP contribution in [0.5, 0.6) is 5.75 Å². The molecule has 1 aromatic heterocycles. The van der Waals surface area contributed by atoms with E-state index >= 15 is 0 Å². The first-order valence-electron chi connectivity index (χ1n) is 7.11. The molecule has 0 aliphatic carbocycles. The summed E-state index contributed by atoms with van der Waals surface area (Å²) in [6.07, 6.45) is 4.08. The number of aromatic nitrogens is 1. The van der Waals surface area contributed by atoms with E-state index in [0.29, 0.717) is 12.1 Å². The van der Waals surface area contributed by atoms with Gasteiger partial charge in [0.1, 0.15) is 11.3 Å². The van der Waals surface area contributed by atoms with Gasteiger partial charge in [0.25, 0.3) is 0 Å². The average Bonchev–Trinajstić information content (AvgIpc) is 3.02. The van der Waals surface area contributed by atoms with Gasteiger partial charge in [0.05, 0.1) is 6.54 Å². The monoisotopic (exact) mass is 283 g/mol. The predicted octanol–water partition coefficient (Wildman–Crippen LogP) is 3.35. The second-order valence-electron chi connectivity index (χ2n) is 5.32. The molecule has 6 nitrogen and oxygen atoms in total. The normalized spacial score (nSPS) is 15.2. The third-order valence-electron chi connectivity index (χ3n) is 3.93. The Kier molecular flexibility index (Phi) is 3.90. The van der Waals surface area contributed by atoms with Gasteiger partial charge in [-0.25, -0.2) is 0 Å². The largest absolute Gasteiger partial charge is 0.505 e. The van der Waals surface area contributed by atoms with Crippen LogP contribution in [0.15, 0.2) is 29.5 Å². The Balaban J connectivity index is 2.06. The van der Waals surface area contributed by atoms with Crippen molar-refractivity contribution < 1.29 is 5.11 Å². The highest BCUT2D eigenvalue weighted by molar-refractivity contribution is 5.88. The molecule has 0 atom stereocenters. The standard InChI is InChI=1S/C15H17N5O/c16-19-18-9-11-8-12(10-20-6-1-2-7-20)15(21)14-13(11)4-3-5-17-14/h3-5,8,21H,1-2,6-7,9-10H2. The van der Waals surface area contributed by atoms with E-state index in [0.717, 1.165) is 29.6 Å². The summed E-state index contributed by atoms with van der Waals surface area (Å²) in [6, 6.07) is 5.65. The minimum Gasteiger partial charge on any atom is -0.505 e.